The maximum atomic E-state index is 12.9. The predicted octanol–water partition coefficient (Wildman–Crippen LogP) is 3.70. The molecular formula is C22H22FNO4. The first kappa shape index (κ1) is 19.7. The van der Waals surface area contributed by atoms with Crippen molar-refractivity contribution < 1.29 is 23.5 Å². The molecule has 0 fully saturated rings. The van der Waals surface area contributed by atoms with Gasteiger partial charge in [0.1, 0.15) is 5.82 Å². The second-order valence-corrected chi connectivity index (χ2v) is 6.95. The number of esters is 1. The van der Waals surface area contributed by atoms with Crippen LogP contribution >= 0.6 is 0 Å². The molecule has 2 aromatic carbocycles. The van der Waals surface area contributed by atoms with E-state index in [0.29, 0.717) is 5.56 Å². The standard InChI is InChI=1S/C22H22FNO4/c1-14-13-17-5-3-4-6-19(17)24(14)22(27)15(2)28-21(26)12-11-20(25)16-7-9-18(23)10-8-16/h3-10,14-15H,11-13H2,1-2H3/t14-,15-/m1/s1. The van der Waals surface area contributed by atoms with Crippen molar-refractivity contribution in [3.05, 3.63) is 65.5 Å². The fourth-order valence-corrected chi connectivity index (χ4v) is 3.40. The molecule has 1 amide bonds. The van der Waals surface area contributed by atoms with Crippen LogP contribution in [0.25, 0.3) is 0 Å². The van der Waals surface area contributed by atoms with Gasteiger partial charge in [-0.05, 0) is 56.2 Å². The highest BCUT2D eigenvalue weighted by Gasteiger charge is 2.34. The molecule has 5 nitrogen and oxygen atoms in total. The Bertz CT molecular complexity index is 894. The van der Waals surface area contributed by atoms with Gasteiger partial charge < -0.3 is 9.64 Å². The normalized spacial score (nSPS) is 16.4. The summed E-state index contributed by atoms with van der Waals surface area (Å²) in [5, 5.41) is 0. The molecular weight excluding hydrogens is 361 g/mol. The van der Waals surface area contributed by atoms with Gasteiger partial charge in [0.15, 0.2) is 11.9 Å². The van der Waals surface area contributed by atoms with Crippen LogP contribution in [0.15, 0.2) is 48.5 Å². The molecule has 0 N–H and O–H groups in total. The van der Waals surface area contributed by atoms with Gasteiger partial charge in [0.2, 0.25) is 0 Å². The Hall–Kier alpha value is -3.02. The third-order valence-corrected chi connectivity index (χ3v) is 4.82. The Kier molecular flexibility index (Phi) is 5.87. The molecule has 1 aliphatic heterocycles. The molecule has 0 radical (unpaired) electrons. The lowest BCUT2D eigenvalue weighted by Gasteiger charge is -2.25. The number of hydrogen-bond acceptors (Lipinski definition) is 4. The van der Waals surface area contributed by atoms with E-state index in [1.807, 2.05) is 31.2 Å². The quantitative estimate of drug-likeness (QED) is 0.564. The van der Waals surface area contributed by atoms with E-state index in [1.165, 1.54) is 31.2 Å². The van der Waals surface area contributed by atoms with Crippen molar-refractivity contribution in [3.63, 3.8) is 0 Å². The summed E-state index contributed by atoms with van der Waals surface area (Å²) in [6.45, 7) is 3.49. The summed E-state index contributed by atoms with van der Waals surface area (Å²) in [6.07, 6.45) is -0.384. The van der Waals surface area contributed by atoms with Crippen LogP contribution in [0.3, 0.4) is 0 Å². The van der Waals surface area contributed by atoms with Gasteiger partial charge in [0, 0.05) is 23.7 Å². The zero-order valence-corrected chi connectivity index (χ0v) is 15.9. The smallest absolute Gasteiger partial charge is 0.307 e. The largest absolute Gasteiger partial charge is 0.453 e. The molecule has 1 aliphatic rings. The second-order valence-electron chi connectivity index (χ2n) is 6.95. The van der Waals surface area contributed by atoms with E-state index in [0.717, 1.165) is 17.7 Å². The van der Waals surface area contributed by atoms with Gasteiger partial charge in [-0.25, -0.2) is 4.39 Å². The SMILES string of the molecule is C[C@@H]1Cc2ccccc2N1C(=O)[C@@H](C)OC(=O)CCC(=O)c1ccc(F)cc1. The summed E-state index contributed by atoms with van der Waals surface area (Å²) >= 11 is 0. The molecule has 0 unspecified atom stereocenters. The highest BCUT2D eigenvalue weighted by Crippen LogP contribution is 2.32. The van der Waals surface area contributed by atoms with Crippen LogP contribution in [-0.4, -0.2) is 29.8 Å². The number of rotatable bonds is 6. The summed E-state index contributed by atoms with van der Waals surface area (Å²) in [5.74, 6) is -1.61. The molecule has 2 atom stereocenters. The molecule has 2 aromatic rings. The number of fused-ring (bicyclic) bond motifs is 1. The Labute approximate surface area is 163 Å². The van der Waals surface area contributed by atoms with Crippen LogP contribution in [0.4, 0.5) is 10.1 Å². The van der Waals surface area contributed by atoms with Crippen LogP contribution in [-0.2, 0) is 20.7 Å². The molecule has 0 bridgehead atoms. The lowest BCUT2D eigenvalue weighted by molar-refractivity contribution is -0.153. The molecule has 3 rings (SSSR count). The number of carbonyl (C=O) groups is 3. The summed E-state index contributed by atoms with van der Waals surface area (Å²) in [4.78, 5) is 38.6. The molecule has 146 valence electrons. The fraction of sp³-hybridized carbons (Fsp3) is 0.318. The van der Waals surface area contributed by atoms with Gasteiger partial charge >= 0.3 is 5.97 Å². The zero-order chi connectivity index (χ0) is 20.3. The summed E-state index contributed by atoms with van der Waals surface area (Å²) in [7, 11) is 0. The first-order valence-electron chi connectivity index (χ1n) is 9.26. The third-order valence-electron chi connectivity index (χ3n) is 4.82. The lowest BCUT2D eigenvalue weighted by Crippen LogP contribution is -2.43. The number of amides is 1. The highest BCUT2D eigenvalue weighted by molar-refractivity contribution is 6.00. The van der Waals surface area contributed by atoms with Gasteiger partial charge in [-0.2, -0.15) is 0 Å². The number of hydrogen-bond donors (Lipinski definition) is 0. The Morgan fingerprint density at radius 2 is 1.79 bits per heavy atom. The maximum absolute atomic E-state index is 12.9. The van der Waals surface area contributed by atoms with Crippen molar-refractivity contribution in [2.75, 3.05) is 4.90 Å². The highest BCUT2D eigenvalue weighted by atomic mass is 19.1. The molecule has 1 heterocycles. The molecule has 0 saturated carbocycles. The maximum Gasteiger partial charge on any atom is 0.307 e. The molecule has 6 heteroatoms. The Balaban J connectivity index is 1.55. The predicted molar refractivity (Wildman–Crippen MR) is 103 cm³/mol. The molecule has 0 saturated heterocycles. The number of nitrogens with zero attached hydrogens (tertiary/aromatic N) is 1. The Morgan fingerprint density at radius 3 is 2.50 bits per heavy atom. The van der Waals surface area contributed by atoms with Crippen LogP contribution in [0.2, 0.25) is 0 Å². The van der Waals surface area contributed by atoms with Crippen LogP contribution in [0.1, 0.15) is 42.6 Å². The van der Waals surface area contributed by atoms with E-state index in [2.05, 4.69) is 0 Å². The van der Waals surface area contributed by atoms with E-state index >= 15 is 0 Å². The lowest BCUT2D eigenvalue weighted by atomic mass is 10.1. The van der Waals surface area contributed by atoms with Crippen molar-refractivity contribution in [2.24, 2.45) is 0 Å². The monoisotopic (exact) mass is 383 g/mol. The number of para-hydroxylation sites is 1. The van der Waals surface area contributed by atoms with Crippen molar-refractivity contribution >= 4 is 23.3 Å². The first-order valence-corrected chi connectivity index (χ1v) is 9.26. The fourth-order valence-electron chi connectivity index (χ4n) is 3.40. The number of benzene rings is 2. The van der Waals surface area contributed by atoms with Crippen molar-refractivity contribution in [1.82, 2.24) is 0 Å². The number of ether oxygens (including phenoxy) is 1. The average molecular weight is 383 g/mol. The minimum Gasteiger partial charge on any atom is -0.453 e. The van der Waals surface area contributed by atoms with Gasteiger partial charge in [0.25, 0.3) is 5.91 Å². The minimum atomic E-state index is -0.943. The van der Waals surface area contributed by atoms with E-state index in [1.54, 1.807) is 4.90 Å². The van der Waals surface area contributed by atoms with E-state index < -0.39 is 17.9 Å². The zero-order valence-electron chi connectivity index (χ0n) is 15.9. The van der Waals surface area contributed by atoms with Crippen LogP contribution in [0, 0.1) is 5.82 Å². The van der Waals surface area contributed by atoms with Gasteiger partial charge in [-0.15, -0.1) is 0 Å². The van der Waals surface area contributed by atoms with Crippen molar-refractivity contribution in [1.29, 1.82) is 0 Å². The van der Waals surface area contributed by atoms with Crippen LogP contribution < -0.4 is 4.90 Å². The topological polar surface area (TPSA) is 63.7 Å². The Morgan fingerprint density at radius 1 is 1.11 bits per heavy atom. The third kappa shape index (κ3) is 4.27. The molecule has 0 aliphatic carbocycles. The first-order chi connectivity index (χ1) is 13.4. The van der Waals surface area contributed by atoms with Crippen molar-refractivity contribution in [2.45, 2.75) is 45.3 Å². The molecule has 0 aromatic heterocycles. The number of Topliss-reactive ketones (excluding diaryl/α,β-unsaturated/α-hetero) is 1. The average Bonchev–Trinajstić information content (AvgIpc) is 3.01. The van der Waals surface area contributed by atoms with Crippen LogP contribution in [0.5, 0.6) is 0 Å². The summed E-state index contributed by atoms with van der Waals surface area (Å²) < 4.78 is 18.2. The summed E-state index contributed by atoms with van der Waals surface area (Å²) in [6, 6.07) is 12.8. The van der Waals surface area contributed by atoms with Gasteiger partial charge in [0.05, 0.1) is 6.42 Å². The van der Waals surface area contributed by atoms with E-state index in [4.69, 9.17) is 4.74 Å². The van der Waals surface area contributed by atoms with E-state index in [-0.39, 0.29) is 30.6 Å². The number of anilines is 1. The number of ketones is 1. The molecule has 28 heavy (non-hydrogen) atoms. The minimum absolute atomic E-state index is 0.00824. The van der Waals surface area contributed by atoms with Gasteiger partial charge in [-0.1, -0.05) is 18.2 Å². The number of halogens is 1. The second kappa shape index (κ2) is 8.33. The van der Waals surface area contributed by atoms with Crippen molar-refractivity contribution in [3.8, 4) is 0 Å². The van der Waals surface area contributed by atoms with E-state index in [9.17, 15) is 18.8 Å². The summed E-state index contributed by atoms with van der Waals surface area (Å²) in [5.41, 5.74) is 2.27. The molecule has 0 spiro atoms. The number of carbonyl (C=O) groups excluding carboxylic acids is 3. The van der Waals surface area contributed by atoms with Gasteiger partial charge in [-0.3, -0.25) is 14.4 Å².